The number of aromatic nitrogens is 1. The van der Waals surface area contributed by atoms with Gasteiger partial charge in [0.05, 0.1) is 12.2 Å². The van der Waals surface area contributed by atoms with E-state index < -0.39 is 12.4 Å². The van der Waals surface area contributed by atoms with E-state index in [0.29, 0.717) is 12.5 Å². The largest absolute Gasteiger partial charge is 0.434 e. The number of anilines is 1. The Labute approximate surface area is 176 Å². The van der Waals surface area contributed by atoms with Crippen molar-refractivity contribution in [3.05, 3.63) is 40.7 Å². The average Bonchev–Trinajstić information content (AvgIpc) is 3.05. The van der Waals surface area contributed by atoms with Crippen molar-refractivity contribution in [2.75, 3.05) is 26.0 Å². The van der Waals surface area contributed by atoms with Crippen LogP contribution in [0.15, 0.2) is 28.6 Å². The van der Waals surface area contributed by atoms with E-state index in [2.05, 4.69) is 25.3 Å². The van der Waals surface area contributed by atoms with Crippen LogP contribution in [-0.2, 0) is 13.1 Å². The predicted octanol–water partition coefficient (Wildman–Crippen LogP) is 3.43. The van der Waals surface area contributed by atoms with Crippen LogP contribution in [0, 0.1) is 5.82 Å². The maximum absolute atomic E-state index is 13.9. The lowest BCUT2D eigenvalue weighted by molar-refractivity contribution is -0.0506. The third-order valence-corrected chi connectivity index (χ3v) is 4.36. The highest BCUT2D eigenvalue weighted by Crippen LogP contribution is 2.23. The minimum Gasteiger partial charge on any atom is -0.434 e. The lowest BCUT2D eigenvalue weighted by atomic mass is 10.2. The number of aliphatic imine (C=N–C) groups is 1. The molecule has 11 heteroatoms. The van der Waals surface area contributed by atoms with Gasteiger partial charge in [-0.05, 0) is 12.1 Å². The summed E-state index contributed by atoms with van der Waals surface area (Å²) in [6.45, 7) is -2.67. The molecule has 2 rings (SSSR count). The molecular formula is C16H21F3IN5OS. The maximum atomic E-state index is 13.9. The van der Waals surface area contributed by atoms with Gasteiger partial charge in [-0.25, -0.2) is 9.37 Å². The molecule has 0 amide bonds. The van der Waals surface area contributed by atoms with E-state index in [4.69, 9.17) is 0 Å². The van der Waals surface area contributed by atoms with E-state index in [1.165, 1.54) is 29.5 Å². The van der Waals surface area contributed by atoms with Gasteiger partial charge < -0.3 is 20.3 Å². The molecule has 1 aromatic carbocycles. The smallest absolute Gasteiger partial charge is 0.387 e. The number of nitrogens with zero attached hydrogens (tertiary/aromatic N) is 3. The Bertz CT molecular complexity index is 757. The van der Waals surface area contributed by atoms with Gasteiger partial charge in [0.1, 0.15) is 11.6 Å². The highest BCUT2D eigenvalue weighted by Gasteiger charge is 2.14. The van der Waals surface area contributed by atoms with Crippen molar-refractivity contribution < 1.29 is 17.9 Å². The minimum atomic E-state index is -3.02. The van der Waals surface area contributed by atoms with Gasteiger partial charge in [0.25, 0.3) is 0 Å². The molecule has 1 heterocycles. The van der Waals surface area contributed by atoms with Crippen molar-refractivity contribution in [1.82, 2.24) is 15.6 Å². The molecule has 150 valence electrons. The second-order valence-electron chi connectivity index (χ2n) is 5.39. The first-order valence-corrected chi connectivity index (χ1v) is 8.57. The SMILES string of the molecule is CN=C(NCc1csc(N(C)C)n1)NCc1c(F)cccc1OC(F)F.I. The Balaban J connectivity index is 0.00000364. The van der Waals surface area contributed by atoms with Crippen molar-refractivity contribution >= 4 is 46.4 Å². The molecule has 0 saturated carbocycles. The summed E-state index contributed by atoms with van der Waals surface area (Å²) in [6.07, 6.45) is 0. The molecule has 0 aliphatic heterocycles. The number of guanidine groups is 1. The first kappa shape index (κ1) is 23.3. The number of hydrogen-bond donors (Lipinski definition) is 2. The summed E-state index contributed by atoms with van der Waals surface area (Å²) in [6, 6.07) is 3.79. The van der Waals surface area contributed by atoms with E-state index in [9.17, 15) is 13.2 Å². The summed E-state index contributed by atoms with van der Waals surface area (Å²) in [4.78, 5) is 10.4. The average molecular weight is 515 g/mol. The number of thiazole rings is 1. The van der Waals surface area contributed by atoms with Crippen LogP contribution in [0.4, 0.5) is 18.3 Å². The molecule has 0 aliphatic rings. The van der Waals surface area contributed by atoms with Crippen molar-refractivity contribution in [1.29, 1.82) is 0 Å². The van der Waals surface area contributed by atoms with Crippen LogP contribution < -0.4 is 20.3 Å². The number of nitrogens with one attached hydrogen (secondary N) is 2. The molecule has 27 heavy (non-hydrogen) atoms. The summed E-state index contributed by atoms with van der Waals surface area (Å²) in [5.74, 6) is -0.463. The highest BCUT2D eigenvalue weighted by molar-refractivity contribution is 14.0. The van der Waals surface area contributed by atoms with Crippen LogP contribution in [0.5, 0.6) is 5.75 Å². The third kappa shape index (κ3) is 7.05. The van der Waals surface area contributed by atoms with Crippen LogP contribution in [-0.4, -0.2) is 38.7 Å². The van der Waals surface area contributed by atoms with Crippen molar-refractivity contribution in [2.45, 2.75) is 19.7 Å². The van der Waals surface area contributed by atoms with Crippen molar-refractivity contribution in [3.63, 3.8) is 0 Å². The number of rotatable bonds is 7. The first-order valence-electron chi connectivity index (χ1n) is 7.69. The Kier molecular flexibility index (Phi) is 9.63. The summed E-state index contributed by atoms with van der Waals surface area (Å²) < 4.78 is 43.2. The molecule has 1 aromatic heterocycles. The van der Waals surface area contributed by atoms with Gasteiger partial charge in [0.15, 0.2) is 11.1 Å². The van der Waals surface area contributed by atoms with Crippen LogP contribution in [0.2, 0.25) is 0 Å². The van der Waals surface area contributed by atoms with Gasteiger partial charge in [-0.2, -0.15) is 8.78 Å². The lowest BCUT2D eigenvalue weighted by Gasteiger charge is -2.14. The normalized spacial score (nSPS) is 11.1. The summed E-state index contributed by atoms with van der Waals surface area (Å²) in [7, 11) is 5.37. The first-order chi connectivity index (χ1) is 12.4. The molecule has 0 saturated heterocycles. The standard InChI is InChI=1S/C16H20F3N5OS.HI/c1-20-15(21-7-10-9-26-16(23-10)24(2)3)22-8-11-12(17)5-4-6-13(11)25-14(18)19;/h4-6,9,14H,7-8H2,1-3H3,(H2,20,21,22);1H. The van der Waals surface area contributed by atoms with Gasteiger partial charge in [0.2, 0.25) is 0 Å². The number of ether oxygens (including phenoxy) is 1. The zero-order chi connectivity index (χ0) is 19.1. The van der Waals surface area contributed by atoms with E-state index in [1.54, 1.807) is 7.05 Å². The predicted molar refractivity (Wildman–Crippen MR) is 112 cm³/mol. The Morgan fingerprint density at radius 3 is 2.59 bits per heavy atom. The van der Waals surface area contributed by atoms with E-state index in [-0.39, 0.29) is 41.8 Å². The number of halogens is 4. The fraction of sp³-hybridized carbons (Fsp3) is 0.375. The molecule has 0 spiro atoms. The van der Waals surface area contributed by atoms with Crippen molar-refractivity contribution in [3.8, 4) is 5.75 Å². The molecular weight excluding hydrogens is 494 g/mol. The third-order valence-electron chi connectivity index (χ3n) is 3.31. The van der Waals surface area contributed by atoms with E-state index in [0.717, 1.165) is 10.8 Å². The fourth-order valence-corrected chi connectivity index (χ4v) is 2.82. The minimum absolute atomic E-state index is 0. The number of benzene rings is 1. The molecule has 0 bridgehead atoms. The molecule has 0 unspecified atom stereocenters. The Morgan fingerprint density at radius 1 is 1.30 bits per heavy atom. The maximum Gasteiger partial charge on any atom is 0.387 e. The number of hydrogen-bond acceptors (Lipinski definition) is 5. The van der Waals surface area contributed by atoms with Gasteiger partial charge in [-0.15, -0.1) is 35.3 Å². The van der Waals surface area contributed by atoms with E-state index in [1.807, 2.05) is 24.4 Å². The quantitative estimate of drug-likeness (QED) is 0.336. The van der Waals surface area contributed by atoms with Gasteiger partial charge >= 0.3 is 6.61 Å². The molecule has 2 aromatic rings. The highest BCUT2D eigenvalue weighted by atomic mass is 127. The van der Waals surface area contributed by atoms with Crippen LogP contribution in [0.1, 0.15) is 11.3 Å². The van der Waals surface area contributed by atoms with Crippen LogP contribution in [0.25, 0.3) is 0 Å². The molecule has 6 nitrogen and oxygen atoms in total. The monoisotopic (exact) mass is 515 g/mol. The molecule has 0 atom stereocenters. The Morgan fingerprint density at radius 2 is 2.00 bits per heavy atom. The molecule has 2 N–H and O–H groups in total. The topological polar surface area (TPSA) is 61.8 Å². The molecule has 0 fully saturated rings. The Hall–Kier alpha value is -1.76. The fourth-order valence-electron chi connectivity index (χ4n) is 2.07. The summed E-state index contributed by atoms with van der Waals surface area (Å²) >= 11 is 1.51. The second kappa shape index (κ2) is 11.2. The zero-order valence-electron chi connectivity index (χ0n) is 15.0. The zero-order valence-corrected chi connectivity index (χ0v) is 18.1. The lowest BCUT2D eigenvalue weighted by Crippen LogP contribution is -2.36. The molecule has 0 radical (unpaired) electrons. The van der Waals surface area contributed by atoms with E-state index >= 15 is 0 Å². The summed E-state index contributed by atoms with van der Waals surface area (Å²) in [5.41, 5.74) is 0.827. The molecule has 0 aliphatic carbocycles. The van der Waals surface area contributed by atoms with Gasteiger partial charge in [-0.3, -0.25) is 4.99 Å². The van der Waals surface area contributed by atoms with Gasteiger partial charge in [-0.1, -0.05) is 6.07 Å². The van der Waals surface area contributed by atoms with Crippen molar-refractivity contribution in [2.24, 2.45) is 4.99 Å². The van der Waals surface area contributed by atoms with Crippen LogP contribution in [0.3, 0.4) is 0 Å². The second-order valence-corrected chi connectivity index (χ2v) is 6.23. The van der Waals surface area contributed by atoms with Crippen LogP contribution >= 0.6 is 35.3 Å². The van der Waals surface area contributed by atoms with Gasteiger partial charge in [0, 0.05) is 38.6 Å². The summed E-state index contributed by atoms with van der Waals surface area (Å²) in [5, 5.41) is 8.72. The number of alkyl halides is 2.